The fraction of sp³-hybridized carbons (Fsp3) is 0.538. The number of nitrogens with one attached hydrogen (secondary N) is 1. The summed E-state index contributed by atoms with van der Waals surface area (Å²) in [5, 5.41) is 10.3. The molecule has 1 fully saturated rings. The molecule has 0 bridgehead atoms. The molecule has 0 unspecified atom stereocenters. The number of aryl methyl sites for hydroxylation is 1. The fourth-order valence-electron chi connectivity index (χ4n) is 2.38. The molecule has 4 N–H and O–H groups in total. The van der Waals surface area contributed by atoms with Crippen molar-refractivity contribution in [2.24, 2.45) is 0 Å². The Hall–Kier alpha value is -1.59. The van der Waals surface area contributed by atoms with Gasteiger partial charge in [0.15, 0.2) is 6.23 Å². The Morgan fingerprint density at radius 2 is 2.16 bits per heavy atom. The Bertz CT molecular complexity index is 782. The van der Waals surface area contributed by atoms with Gasteiger partial charge >= 0.3 is 13.5 Å². The van der Waals surface area contributed by atoms with Crippen LogP contribution in [-0.4, -0.2) is 56.0 Å². The van der Waals surface area contributed by atoms with E-state index in [-0.39, 0.29) is 12.2 Å². The molecule has 1 aromatic rings. The van der Waals surface area contributed by atoms with E-state index < -0.39 is 50.2 Å². The van der Waals surface area contributed by atoms with E-state index in [1.165, 1.54) is 19.2 Å². The van der Waals surface area contributed by atoms with E-state index in [9.17, 15) is 19.3 Å². The highest BCUT2D eigenvalue weighted by Crippen LogP contribution is 2.38. The molecule has 0 aromatic carbocycles. The minimum Gasteiger partial charge on any atom is -0.387 e. The second-order valence-electron chi connectivity index (χ2n) is 5.41. The quantitative estimate of drug-likeness (QED) is 0.337. The number of phosphoric ester groups is 1. The van der Waals surface area contributed by atoms with E-state index >= 15 is 0 Å². The monoisotopic (exact) mass is 378 g/mol. The number of rotatable bonds is 7. The van der Waals surface area contributed by atoms with Crippen molar-refractivity contribution in [2.45, 2.75) is 31.5 Å². The first-order chi connectivity index (χ1) is 11.6. The van der Waals surface area contributed by atoms with Crippen LogP contribution in [-0.2, 0) is 18.6 Å². The summed E-state index contributed by atoms with van der Waals surface area (Å²) in [5.41, 5.74) is -1.11. The lowest BCUT2D eigenvalue weighted by Crippen LogP contribution is -2.40. The number of ether oxygens (including phenoxy) is 2. The van der Waals surface area contributed by atoms with Gasteiger partial charge in [-0.15, -0.1) is 6.58 Å². The van der Waals surface area contributed by atoms with Crippen molar-refractivity contribution < 1.29 is 33.5 Å². The van der Waals surface area contributed by atoms with Crippen LogP contribution in [0.3, 0.4) is 0 Å². The van der Waals surface area contributed by atoms with Gasteiger partial charge in [-0.1, -0.05) is 6.08 Å². The molecule has 0 saturated carbocycles. The summed E-state index contributed by atoms with van der Waals surface area (Å²) in [4.78, 5) is 43.2. The highest BCUT2D eigenvalue weighted by atomic mass is 31.2. The lowest BCUT2D eigenvalue weighted by molar-refractivity contribution is -0.0683. The molecule has 2 rings (SSSR count). The van der Waals surface area contributed by atoms with Crippen LogP contribution >= 0.6 is 7.82 Å². The molecule has 12 heteroatoms. The lowest BCUT2D eigenvalue weighted by Gasteiger charge is -2.21. The van der Waals surface area contributed by atoms with Crippen LogP contribution in [0.25, 0.3) is 0 Å². The summed E-state index contributed by atoms with van der Waals surface area (Å²) < 4.78 is 27.1. The summed E-state index contributed by atoms with van der Waals surface area (Å²) in [7, 11) is -4.77. The Labute approximate surface area is 141 Å². The van der Waals surface area contributed by atoms with E-state index in [4.69, 9.17) is 19.3 Å². The van der Waals surface area contributed by atoms with Gasteiger partial charge < -0.3 is 24.4 Å². The number of aromatic nitrogens is 2. The highest BCUT2D eigenvalue weighted by Gasteiger charge is 2.46. The molecular formula is C13H19N2O9P. The smallest absolute Gasteiger partial charge is 0.387 e. The van der Waals surface area contributed by atoms with Gasteiger partial charge in [-0.25, -0.2) is 9.36 Å². The van der Waals surface area contributed by atoms with Crippen molar-refractivity contribution in [3.8, 4) is 0 Å². The van der Waals surface area contributed by atoms with Crippen molar-refractivity contribution in [3.05, 3.63) is 45.3 Å². The third kappa shape index (κ3) is 4.73. The maximum Gasteiger partial charge on any atom is 0.469 e. The predicted octanol–water partition coefficient (Wildman–Crippen LogP) is -1.22. The van der Waals surface area contributed by atoms with Gasteiger partial charge in [-0.3, -0.25) is 18.9 Å². The van der Waals surface area contributed by atoms with Gasteiger partial charge in [0.1, 0.15) is 18.3 Å². The van der Waals surface area contributed by atoms with Gasteiger partial charge in [0.05, 0.1) is 13.2 Å². The number of aliphatic hydroxyl groups is 1. The maximum atomic E-state index is 12.0. The van der Waals surface area contributed by atoms with Crippen LogP contribution in [0.1, 0.15) is 11.8 Å². The molecule has 25 heavy (non-hydrogen) atoms. The van der Waals surface area contributed by atoms with Crippen molar-refractivity contribution in [1.29, 1.82) is 0 Å². The first-order valence-corrected chi connectivity index (χ1v) is 8.75. The molecule has 0 radical (unpaired) electrons. The average molecular weight is 378 g/mol. The zero-order valence-corrected chi connectivity index (χ0v) is 14.2. The normalized spacial score (nSPS) is 26.7. The van der Waals surface area contributed by atoms with E-state index in [2.05, 4.69) is 16.1 Å². The molecule has 1 saturated heterocycles. The van der Waals surface area contributed by atoms with E-state index in [0.29, 0.717) is 0 Å². The number of hydrogen-bond donors (Lipinski definition) is 4. The molecule has 0 spiro atoms. The summed E-state index contributed by atoms with van der Waals surface area (Å²) >= 11 is 0. The van der Waals surface area contributed by atoms with Crippen molar-refractivity contribution >= 4 is 7.82 Å². The molecule has 11 nitrogen and oxygen atoms in total. The number of nitrogens with zero attached hydrogens (tertiary/aromatic N) is 1. The highest BCUT2D eigenvalue weighted by molar-refractivity contribution is 7.46. The zero-order chi connectivity index (χ0) is 18.8. The van der Waals surface area contributed by atoms with Gasteiger partial charge in [-0.05, 0) is 6.92 Å². The Kier molecular flexibility index (Phi) is 6.12. The van der Waals surface area contributed by atoms with Crippen LogP contribution < -0.4 is 11.2 Å². The summed E-state index contributed by atoms with van der Waals surface area (Å²) in [6.07, 6.45) is -2.02. The first kappa shape index (κ1) is 19.7. The summed E-state index contributed by atoms with van der Waals surface area (Å²) in [6.45, 7) is 4.38. The number of aliphatic hydroxyl groups excluding tert-OH is 1. The molecular weight excluding hydrogens is 359 g/mol. The Morgan fingerprint density at radius 3 is 2.76 bits per heavy atom. The summed E-state index contributed by atoms with van der Waals surface area (Å²) in [5.74, 6) is 0. The van der Waals surface area contributed by atoms with Gasteiger partial charge in [-0.2, -0.15) is 0 Å². The zero-order valence-electron chi connectivity index (χ0n) is 13.3. The standard InChI is InChI=1S/C13H19N2O9P/c1-3-4-22-10-9(16)8(6-23-25(19,20)21)24-12(10)15-5-7(2)11(17)14-13(15)18/h3,5,8-10,12,16H,1,4,6H2,2H3,(H,14,17,18)(H2,19,20,21)/t8-,9-,10-,12-/m1/s1. The Morgan fingerprint density at radius 1 is 1.48 bits per heavy atom. The third-order valence-electron chi connectivity index (χ3n) is 3.55. The summed E-state index contributed by atoms with van der Waals surface area (Å²) in [6, 6.07) is 0. The minimum absolute atomic E-state index is 0.0325. The topological polar surface area (TPSA) is 160 Å². The van der Waals surface area contributed by atoms with Crippen LogP contribution in [0.2, 0.25) is 0 Å². The molecule has 1 aliphatic rings. The second kappa shape index (κ2) is 7.75. The van der Waals surface area contributed by atoms with Crippen molar-refractivity contribution in [3.63, 3.8) is 0 Å². The van der Waals surface area contributed by atoms with Gasteiger partial charge in [0.25, 0.3) is 5.56 Å². The second-order valence-corrected chi connectivity index (χ2v) is 6.65. The molecule has 140 valence electrons. The van der Waals surface area contributed by atoms with E-state index in [0.717, 1.165) is 4.57 Å². The lowest BCUT2D eigenvalue weighted by atomic mass is 10.1. The largest absolute Gasteiger partial charge is 0.469 e. The average Bonchev–Trinajstić information content (AvgIpc) is 2.82. The minimum atomic E-state index is -4.77. The van der Waals surface area contributed by atoms with Crippen LogP contribution in [0.4, 0.5) is 0 Å². The van der Waals surface area contributed by atoms with E-state index in [1.54, 1.807) is 0 Å². The predicted molar refractivity (Wildman–Crippen MR) is 83.9 cm³/mol. The molecule has 1 aliphatic heterocycles. The molecule has 0 aliphatic carbocycles. The number of H-pyrrole nitrogens is 1. The molecule has 2 heterocycles. The number of aromatic amines is 1. The van der Waals surface area contributed by atoms with Crippen LogP contribution in [0, 0.1) is 6.92 Å². The van der Waals surface area contributed by atoms with E-state index in [1.807, 2.05) is 0 Å². The number of phosphoric acid groups is 1. The molecule has 0 amide bonds. The fourth-order valence-corrected chi connectivity index (χ4v) is 2.73. The van der Waals surface area contributed by atoms with Gasteiger partial charge in [0, 0.05) is 11.8 Å². The van der Waals surface area contributed by atoms with Gasteiger partial charge in [0.2, 0.25) is 0 Å². The van der Waals surface area contributed by atoms with Crippen LogP contribution in [0.5, 0.6) is 0 Å². The third-order valence-corrected chi connectivity index (χ3v) is 4.03. The SMILES string of the molecule is C=CCO[C@@H]1[C@H](O)[C@@H](COP(=O)(O)O)O[C@H]1n1cc(C)c(=O)[nH]c1=O. The first-order valence-electron chi connectivity index (χ1n) is 7.22. The van der Waals surface area contributed by atoms with Crippen molar-refractivity contribution in [1.82, 2.24) is 9.55 Å². The molecule has 1 aromatic heterocycles. The Balaban J connectivity index is 2.32. The maximum absolute atomic E-state index is 12.0. The van der Waals surface area contributed by atoms with Crippen molar-refractivity contribution in [2.75, 3.05) is 13.2 Å². The number of hydrogen-bond acceptors (Lipinski definition) is 7. The molecule has 4 atom stereocenters. The van der Waals surface area contributed by atoms with Crippen LogP contribution in [0.15, 0.2) is 28.4 Å².